The normalized spacial score (nSPS) is 10.3. The molecule has 0 atom stereocenters. The topological polar surface area (TPSA) is 97.3 Å². The maximum Gasteiger partial charge on any atom is 0.316 e. The molecule has 0 saturated carbocycles. The molecule has 116 valence electrons. The summed E-state index contributed by atoms with van der Waals surface area (Å²) in [4.78, 5) is 21.3. The van der Waals surface area contributed by atoms with Crippen LogP contribution < -0.4 is 16.0 Å². The van der Waals surface area contributed by atoms with Gasteiger partial charge in [0.2, 0.25) is 0 Å². The highest BCUT2D eigenvalue weighted by atomic mass is 16.4. The molecule has 0 unspecified atom stereocenters. The highest BCUT2D eigenvalue weighted by Crippen LogP contribution is 2.36. The Kier molecular flexibility index (Phi) is 3.92. The van der Waals surface area contributed by atoms with Gasteiger partial charge in [0.1, 0.15) is 6.26 Å². The molecule has 3 N–H and O–H groups in total. The van der Waals surface area contributed by atoms with E-state index < -0.39 is 6.03 Å². The minimum Gasteiger partial charge on any atom is -0.432 e. The van der Waals surface area contributed by atoms with Gasteiger partial charge >= 0.3 is 12.0 Å². The molecule has 7 nitrogen and oxygen atoms in total. The fourth-order valence-corrected chi connectivity index (χ4v) is 2.24. The third kappa shape index (κ3) is 3.13. The van der Waals surface area contributed by atoms with Crippen LogP contribution in [0.15, 0.2) is 59.6 Å². The fraction of sp³-hybridized carbons (Fsp3) is 0.0625. The van der Waals surface area contributed by atoms with Gasteiger partial charge in [0.25, 0.3) is 0 Å². The SMILES string of the molecule is Cc1ccc(NC(N)=O)cc1N(c1cccnc1)c1ncco1. The quantitative estimate of drug-likeness (QED) is 0.770. The molecule has 2 amide bonds. The summed E-state index contributed by atoms with van der Waals surface area (Å²) in [6.07, 6.45) is 6.46. The smallest absolute Gasteiger partial charge is 0.316 e. The van der Waals surface area contributed by atoms with E-state index >= 15 is 0 Å². The first-order valence-corrected chi connectivity index (χ1v) is 6.92. The second kappa shape index (κ2) is 6.18. The Bertz CT molecular complexity index is 803. The van der Waals surface area contributed by atoms with Gasteiger partial charge in [-0.25, -0.2) is 9.78 Å². The van der Waals surface area contributed by atoms with Crippen LogP contribution in [0.4, 0.5) is 27.9 Å². The Balaban J connectivity index is 2.12. The van der Waals surface area contributed by atoms with Crippen LogP contribution in [0.2, 0.25) is 0 Å². The van der Waals surface area contributed by atoms with E-state index in [2.05, 4.69) is 15.3 Å². The van der Waals surface area contributed by atoms with Gasteiger partial charge in [0.05, 0.1) is 23.8 Å². The van der Waals surface area contributed by atoms with Crippen molar-refractivity contribution in [2.75, 3.05) is 10.2 Å². The molecule has 3 rings (SSSR count). The van der Waals surface area contributed by atoms with Crippen LogP contribution in [-0.2, 0) is 0 Å². The van der Waals surface area contributed by atoms with Crippen molar-refractivity contribution in [1.29, 1.82) is 0 Å². The molecule has 0 bridgehead atoms. The van der Waals surface area contributed by atoms with Gasteiger partial charge in [-0.1, -0.05) is 6.07 Å². The first-order chi connectivity index (χ1) is 11.1. The molecule has 0 saturated heterocycles. The van der Waals surface area contributed by atoms with Gasteiger partial charge in [-0.2, -0.15) is 0 Å². The molecule has 0 aliphatic rings. The molecule has 3 aromatic rings. The summed E-state index contributed by atoms with van der Waals surface area (Å²) in [7, 11) is 0. The van der Waals surface area contributed by atoms with Crippen molar-refractivity contribution in [3.8, 4) is 0 Å². The molecule has 0 fully saturated rings. The number of aryl methyl sites for hydroxylation is 1. The van der Waals surface area contributed by atoms with Crippen LogP contribution >= 0.6 is 0 Å². The number of urea groups is 1. The van der Waals surface area contributed by atoms with E-state index in [1.165, 1.54) is 6.26 Å². The number of nitrogens with two attached hydrogens (primary N) is 1. The standard InChI is InChI=1S/C16H15N5O2/c1-11-4-5-12(20-15(17)22)9-14(11)21(16-19-7-8-23-16)13-3-2-6-18-10-13/h2-10H,1H3,(H3,17,20,22). The van der Waals surface area contributed by atoms with E-state index in [-0.39, 0.29) is 0 Å². The lowest BCUT2D eigenvalue weighted by atomic mass is 10.1. The number of amides is 2. The Morgan fingerprint density at radius 2 is 2.17 bits per heavy atom. The maximum absolute atomic E-state index is 11.1. The summed E-state index contributed by atoms with van der Waals surface area (Å²) in [5, 5.41) is 2.57. The average Bonchev–Trinajstić information content (AvgIpc) is 3.05. The van der Waals surface area contributed by atoms with E-state index in [0.29, 0.717) is 11.7 Å². The van der Waals surface area contributed by atoms with Crippen molar-refractivity contribution in [1.82, 2.24) is 9.97 Å². The van der Waals surface area contributed by atoms with Crippen LogP contribution in [0.25, 0.3) is 0 Å². The van der Waals surface area contributed by atoms with E-state index in [9.17, 15) is 4.79 Å². The number of primary amides is 1. The van der Waals surface area contributed by atoms with Crippen molar-refractivity contribution in [3.63, 3.8) is 0 Å². The molecule has 2 aromatic heterocycles. The van der Waals surface area contributed by atoms with Gasteiger partial charge in [0, 0.05) is 11.9 Å². The minimum absolute atomic E-state index is 0.400. The van der Waals surface area contributed by atoms with Crippen LogP contribution in [0, 0.1) is 6.92 Å². The lowest BCUT2D eigenvalue weighted by Crippen LogP contribution is -2.19. The summed E-state index contributed by atoms with van der Waals surface area (Å²) in [6.45, 7) is 1.95. The lowest BCUT2D eigenvalue weighted by Gasteiger charge is -2.23. The molecular weight excluding hydrogens is 294 g/mol. The van der Waals surface area contributed by atoms with Crippen molar-refractivity contribution in [3.05, 3.63) is 60.7 Å². The minimum atomic E-state index is -0.621. The van der Waals surface area contributed by atoms with E-state index in [1.54, 1.807) is 30.7 Å². The number of hydrogen-bond acceptors (Lipinski definition) is 5. The Morgan fingerprint density at radius 3 is 2.83 bits per heavy atom. The second-order valence-electron chi connectivity index (χ2n) is 4.85. The Morgan fingerprint density at radius 1 is 1.30 bits per heavy atom. The van der Waals surface area contributed by atoms with Crippen molar-refractivity contribution >= 4 is 29.1 Å². The summed E-state index contributed by atoms with van der Waals surface area (Å²) >= 11 is 0. The fourth-order valence-electron chi connectivity index (χ4n) is 2.24. The van der Waals surface area contributed by atoms with Crippen LogP contribution in [-0.4, -0.2) is 16.0 Å². The Labute approximate surface area is 132 Å². The number of anilines is 4. The van der Waals surface area contributed by atoms with Crippen LogP contribution in [0.3, 0.4) is 0 Å². The van der Waals surface area contributed by atoms with Gasteiger partial charge < -0.3 is 15.5 Å². The molecule has 7 heteroatoms. The first-order valence-electron chi connectivity index (χ1n) is 6.92. The van der Waals surface area contributed by atoms with Crippen molar-refractivity contribution in [2.24, 2.45) is 5.73 Å². The number of benzene rings is 1. The zero-order valence-electron chi connectivity index (χ0n) is 12.4. The highest BCUT2D eigenvalue weighted by Gasteiger charge is 2.19. The van der Waals surface area contributed by atoms with Crippen LogP contribution in [0.5, 0.6) is 0 Å². The molecule has 0 aliphatic carbocycles. The maximum atomic E-state index is 11.1. The van der Waals surface area contributed by atoms with Gasteiger partial charge in [-0.05, 0) is 36.8 Å². The number of hydrogen-bond donors (Lipinski definition) is 2. The number of oxazole rings is 1. The molecule has 0 radical (unpaired) electrons. The summed E-state index contributed by atoms with van der Waals surface area (Å²) in [6, 6.07) is 8.96. The van der Waals surface area contributed by atoms with Gasteiger partial charge in [-0.15, -0.1) is 0 Å². The lowest BCUT2D eigenvalue weighted by molar-refractivity contribution is 0.259. The predicted octanol–water partition coefficient (Wildman–Crippen LogP) is 3.34. The summed E-state index contributed by atoms with van der Waals surface area (Å²) in [5.74, 6) is 0. The molecule has 0 spiro atoms. The average molecular weight is 309 g/mol. The zero-order valence-corrected chi connectivity index (χ0v) is 12.4. The largest absolute Gasteiger partial charge is 0.432 e. The Hall–Kier alpha value is -3.35. The number of rotatable bonds is 4. The van der Waals surface area contributed by atoms with E-state index in [4.69, 9.17) is 10.2 Å². The number of carbonyl (C=O) groups is 1. The zero-order chi connectivity index (χ0) is 16.2. The summed E-state index contributed by atoms with van der Waals surface area (Å²) in [5.41, 5.74) is 8.33. The molecule has 0 aliphatic heterocycles. The van der Waals surface area contributed by atoms with E-state index in [1.807, 2.05) is 30.0 Å². The first kappa shape index (κ1) is 14.6. The molecular formula is C16H15N5O2. The number of aromatic nitrogens is 2. The van der Waals surface area contributed by atoms with Gasteiger partial charge in [-0.3, -0.25) is 9.88 Å². The second-order valence-corrected chi connectivity index (χ2v) is 4.85. The number of pyridine rings is 1. The summed E-state index contributed by atoms with van der Waals surface area (Å²) < 4.78 is 5.46. The third-order valence-corrected chi connectivity index (χ3v) is 3.23. The van der Waals surface area contributed by atoms with Crippen molar-refractivity contribution < 1.29 is 9.21 Å². The number of nitrogens with zero attached hydrogens (tertiary/aromatic N) is 3. The van der Waals surface area contributed by atoms with Crippen molar-refractivity contribution in [2.45, 2.75) is 6.92 Å². The highest BCUT2D eigenvalue weighted by molar-refractivity contribution is 5.89. The molecule has 1 aromatic carbocycles. The molecule has 23 heavy (non-hydrogen) atoms. The number of nitrogens with one attached hydrogen (secondary N) is 1. The third-order valence-electron chi connectivity index (χ3n) is 3.23. The monoisotopic (exact) mass is 309 g/mol. The van der Waals surface area contributed by atoms with Crippen LogP contribution in [0.1, 0.15) is 5.56 Å². The van der Waals surface area contributed by atoms with Gasteiger partial charge in [0.15, 0.2) is 0 Å². The predicted molar refractivity (Wildman–Crippen MR) is 86.9 cm³/mol. The number of carbonyl (C=O) groups excluding carboxylic acids is 1. The van der Waals surface area contributed by atoms with E-state index in [0.717, 1.165) is 16.9 Å². The molecule has 2 heterocycles.